The molecule has 2 rings (SSSR count). The molecule has 1 aliphatic rings. The van der Waals surface area contributed by atoms with Gasteiger partial charge in [0, 0.05) is 21.8 Å². The Labute approximate surface area is 110 Å². The number of hydrogen-bond donors (Lipinski definition) is 1. The summed E-state index contributed by atoms with van der Waals surface area (Å²) in [7, 11) is 0. The van der Waals surface area contributed by atoms with E-state index in [2.05, 4.69) is 45.1 Å². The lowest BCUT2D eigenvalue weighted by atomic mass is 9.95. The van der Waals surface area contributed by atoms with E-state index in [0.29, 0.717) is 11.0 Å². The molecule has 1 heterocycles. The van der Waals surface area contributed by atoms with E-state index in [9.17, 15) is 0 Å². The lowest BCUT2D eigenvalue weighted by molar-refractivity contribution is 0.364. The van der Waals surface area contributed by atoms with Crippen LogP contribution in [0.5, 0.6) is 0 Å². The van der Waals surface area contributed by atoms with Crippen LogP contribution in [0.4, 0.5) is 0 Å². The summed E-state index contributed by atoms with van der Waals surface area (Å²) < 4.78 is 0. The molecule has 0 bridgehead atoms. The van der Waals surface area contributed by atoms with E-state index >= 15 is 0 Å². The summed E-state index contributed by atoms with van der Waals surface area (Å²) in [6.07, 6.45) is 5.46. The quantitative estimate of drug-likeness (QED) is 0.836. The third-order valence-corrected chi connectivity index (χ3v) is 5.31. The molecular weight excluding hydrogens is 226 g/mol. The highest BCUT2D eigenvalue weighted by atomic mass is 32.1. The number of hydrogen-bond acceptors (Lipinski definition) is 2. The van der Waals surface area contributed by atoms with Crippen molar-refractivity contribution in [3.05, 3.63) is 21.9 Å². The number of rotatable bonds is 3. The fourth-order valence-electron chi connectivity index (χ4n) is 2.51. The van der Waals surface area contributed by atoms with Gasteiger partial charge >= 0.3 is 0 Å². The lowest BCUT2D eigenvalue weighted by Gasteiger charge is -2.25. The maximum Gasteiger partial charge on any atom is 0.0304 e. The molecule has 0 saturated heterocycles. The summed E-state index contributed by atoms with van der Waals surface area (Å²) in [5.41, 5.74) is 0.687. The zero-order valence-electron chi connectivity index (χ0n) is 11.6. The van der Waals surface area contributed by atoms with Crippen molar-refractivity contribution in [2.45, 2.75) is 70.9 Å². The maximum atomic E-state index is 3.75. The van der Waals surface area contributed by atoms with Crippen LogP contribution in [0.15, 0.2) is 12.1 Å². The van der Waals surface area contributed by atoms with Crippen LogP contribution in [0, 0.1) is 0 Å². The van der Waals surface area contributed by atoms with Gasteiger partial charge in [-0.1, -0.05) is 33.6 Å². The topological polar surface area (TPSA) is 12.0 Å². The van der Waals surface area contributed by atoms with Crippen LogP contribution in [-0.2, 0) is 12.0 Å². The van der Waals surface area contributed by atoms with E-state index in [4.69, 9.17) is 0 Å². The molecule has 2 heteroatoms. The highest BCUT2D eigenvalue weighted by Gasteiger charge is 2.27. The predicted octanol–water partition coefficient (Wildman–Crippen LogP) is 4.47. The smallest absolute Gasteiger partial charge is 0.0304 e. The first-order valence-corrected chi connectivity index (χ1v) is 7.55. The van der Waals surface area contributed by atoms with Crippen molar-refractivity contribution in [2.24, 2.45) is 0 Å². The van der Waals surface area contributed by atoms with Crippen molar-refractivity contribution in [2.75, 3.05) is 0 Å². The Morgan fingerprint density at radius 1 is 1.24 bits per heavy atom. The lowest BCUT2D eigenvalue weighted by Crippen LogP contribution is -2.38. The largest absolute Gasteiger partial charge is 0.307 e. The summed E-state index contributed by atoms with van der Waals surface area (Å²) in [6, 6.07) is 4.58. The molecule has 0 aromatic carbocycles. The Morgan fingerprint density at radius 3 is 2.41 bits per heavy atom. The van der Waals surface area contributed by atoms with Gasteiger partial charge in [-0.25, -0.2) is 0 Å². The van der Waals surface area contributed by atoms with Gasteiger partial charge < -0.3 is 5.32 Å². The summed E-state index contributed by atoms with van der Waals surface area (Å²) in [6.45, 7) is 10.3. The zero-order chi connectivity index (χ0) is 12.5. The third kappa shape index (κ3) is 3.32. The second-order valence-electron chi connectivity index (χ2n) is 6.64. The van der Waals surface area contributed by atoms with Crippen molar-refractivity contribution < 1.29 is 0 Å². The van der Waals surface area contributed by atoms with Crippen LogP contribution in [0.2, 0.25) is 0 Å². The molecule has 1 aromatic heterocycles. The van der Waals surface area contributed by atoms with Crippen LogP contribution < -0.4 is 5.32 Å². The van der Waals surface area contributed by atoms with Gasteiger partial charge in [-0.3, -0.25) is 0 Å². The van der Waals surface area contributed by atoms with E-state index in [1.165, 1.54) is 35.4 Å². The van der Waals surface area contributed by atoms with Crippen LogP contribution in [-0.4, -0.2) is 5.54 Å². The fraction of sp³-hybridized carbons (Fsp3) is 0.733. The number of nitrogens with one attached hydrogen (secondary N) is 1. The minimum Gasteiger partial charge on any atom is -0.307 e. The predicted molar refractivity (Wildman–Crippen MR) is 76.7 cm³/mol. The summed E-state index contributed by atoms with van der Waals surface area (Å²) in [4.78, 5) is 2.97. The van der Waals surface area contributed by atoms with Crippen LogP contribution in [0.25, 0.3) is 0 Å². The van der Waals surface area contributed by atoms with Gasteiger partial charge in [0.05, 0.1) is 0 Å². The minimum atomic E-state index is 0.292. The van der Waals surface area contributed by atoms with Crippen LogP contribution >= 0.6 is 11.3 Å². The van der Waals surface area contributed by atoms with E-state index in [0.717, 1.165) is 6.54 Å². The second-order valence-corrected chi connectivity index (χ2v) is 7.81. The first-order valence-electron chi connectivity index (χ1n) is 6.73. The normalized spacial score (nSPS) is 19.8. The summed E-state index contributed by atoms with van der Waals surface area (Å²) in [5.74, 6) is 0. The SMILES string of the molecule is CC1(NCc2ccc(C(C)(C)C)s2)CCCC1. The molecular formula is C15H25NS. The van der Waals surface area contributed by atoms with Crippen molar-refractivity contribution in [3.63, 3.8) is 0 Å². The molecule has 0 atom stereocenters. The van der Waals surface area contributed by atoms with E-state index < -0.39 is 0 Å². The average Bonchev–Trinajstić information content (AvgIpc) is 2.83. The molecule has 17 heavy (non-hydrogen) atoms. The summed E-state index contributed by atoms with van der Waals surface area (Å²) in [5, 5.41) is 3.75. The first-order chi connectivity index (χ1) is 7.89. The molecule has 1 fully saturated rings. The average molecular weight is 251 g/mol. The van der Waals surface area contributed by atoms with Gasteiger partial charge in [0.15, 0.2) is 0 Å². The third-order valence-electron chi connectivity index (χ3n) is 3.80. The van der Waals surface area contributed by atoms with Gasteiger partial charge in [0.25, 0.3) is 0 Å². The van der Waals surface area contributed by atoms with Crippen molar-refractivity contribution in [3.8, 4) is 0 Å². The Morgan fingerprint density at radius 2 is 1.88 bits per heavy atom. The van der Waals surface area contributed by atoms with E-state index in [1.54, 1.807) is 0 Å². The fourth-order valence-corrected chi connectivity index (χ4v) is 3.51. The molecule has 1 nitrogen and oxygen atoms in total. The molecule has 0 unspecified atom stereocenters. The van der Waals surface area contributed by atoms with Crippen LogP contribution in [0.3, 0.4) is 0 Å². The van der Waals surface area contributed by atoms with Crippen molar-refractivity contribution in [1.82, 2.24) is 5.32 Å². The first kappa shape index (κ1) is 13.1. The van der Waals surface area contributed by atoms with Gasteiger partial charge in [-0.2, -0.15) is 0 Å². The Hall–Kier alpha value is -0.340. The van der Waals surface area contributed by atoms with Crippen molar-refractivity contribution in [1.29, 1.82) is 0 Å². The van der Waals surface area contributed by atoms with E-state index in [1.807, 2.05) is 11.3 Å². The Bertz CT molecular complexity index is 367. The Kier molecular flexibility index (Phi) is 3.65. The van der Waals surface area contributed by atoms with E-state index in [-0.39, 0.29) is 0 Å². The minimum absolute atomic E-state index is 0.292. The zero-order valence-corrected chi connectivity index (χ0v) is 12.4. The summed E-state index contributed by atoms with van der Waals surface area (Å²) >= 11 is 1.96. The van der Waals surface area contributed by atoms with Gasteiger partial charge in [-0.05, 0) is 37.3 Å². The second kappa shape index (κ2) is 4.74. The number of thiophene rings is 1. The van der Waals surface area contributed by atoms with Gasteiger partial charge in [-0.15, -0.1) is 11.3 Å². The molecule has 1 aromatic rings. The van der Waals surface area contributed by atoms with Gasteiger partial charge in [0.1, 0.15) is 0 Å². The molecule has 0 radical (unpaired) electrons. The Balaban J connectivity index is 1.93. The molecule has 0 spiro atoms. The maximum absolute atomic E-state index is 3.75. The molecule has 0 aliphatic heterocycles. The standard InChI is InChI=1S/C15H25NS/c1-14(2,3)13-8-7-12(17-13)11-16-15(4)9-5-6-10-15/h7-8,16H,5-6,9-11H2,1-4H3. The molecule has 0 amide bonds. The monoisotopic (exact) mass is 251 g/mol. The molecule has 1 N–H and O–H groups in total. The highest BCUT2D eigenvalue weighted by Crippen LogP contribution is 2.32. The van der Waals surface area contributed by atoms with Crippen LogP contribution in [0.1, 0.15) is 63.1 Å². The van der Waals surface area contributed by atoms with Gasteiger partial charge in [0.2, 0.25) is 0 Å². The molecule has 96 valence electrons. The molecule has 1 aliphatic carbocycles. The highest BCUT2D eigenvalue weighted by molar-refractivity contribution is 7.12. The van der Waals surface area contributed by atoms with Crippen molar-refractivity contribution >= 4 is 11.3 Å². The molecule has 1 saturated carbocycles.